The Hall–Kier alpha value is -1.65. The summed E-state index contributed by atoms with van der Waals surface area (Å²) in [7, 11) is -3.79. The second kappa shape index (κ2) is 7.53. The van der Waals surface area contributed by atoms with E-state index in [1.807, 2.05) is 6.07 Å². The smallest absolute Gasteiger partial charge is 0.468 e. The lowest BCUT2D eigenvalue weighted by atomic mass is 10.2. The molecule has 5 nitrogen and oxygen atoms in total. The number of benzene rings is 1. The van der Waals surface area contributed by atoms with E-state index < -0.39 is 22.1 Å². The summed E-state index contributed by atoms with van der Waals surface area (Å²) in [5.41, 5.74) is 0. The molecule has 1 atom stereocenters. The largest absolute Gasteiger partial charge is 0.573 e. The Labute approximate surface area is 153 Å². The first-order valence-electron chi connectivity index (χ1n) is 7.77. The predicted octanol–water partition coefficient (Wildman–Crippen LogP) is 4.05. The van der Waals surface area contributed by atoms with Crippen molar-refractivity contribution in [1.29, 1.82) is 0 Å². The van der Waals surface area contributed by atoms with Gasteiger partial charge in [0, 0.05) is 18.8 Å². The Balaban J connectivity index is 1.71. The lowest BCUT2D eigenvalue weighted by Crippen LogP contribution is -2.33. The summed E-state index contributed by atoms with van der Waals surface area (Å²) in [6, 6.07) is 7.90. The quantitative estimate of drug-likeness (QED) is 0.765. The first-order valence-corrected chi connectivity index (χ1v) is 10.3. The fourth-order valence-corrected chi connectivity index (χ4v) is 5.41. The van der Waals surface area contributed by atoms with Crippen LogP contribution in [0.1, 0.15) is 17.4 Å². The molecule has 2 heterocycles. The normalized spacial score (nSPS) is 19.9. The molecule has 0 N–H and O–H groups in total. The molecule has 1 fully saturated rings. The number of hydrogen-bond donors (Lipinski definition) is 0. The molecule has 1 aromatic heterocycles. The molecule has 0 amide bonds. The van der Waals surface area contributed by atoms with Crippen LogP contribution in [-0.2, 0) is 10.0 Å². The molecule has 0 spiro atoms. The number of sulfonamides is 1. The standard InChI is InChI=1S/C16H16F3NO4S2/c17-16(18,19)24-12-3-5-13(6-4-12)26(21,22)20-8-7-15(25-11-9-20)14-2-1-10-23-14/h1-6,10,15H,7-9,11H2/t15-/m0/s1. The van der Waals surface area contributed by atoms with E-state index >= 15 is 0 Å². The number of hydrogen-bond acceptors (Lipinski definition) is 5. The van der Waals surface area contributed by atoms with Crippen LogP contribution in [0.5, 0.6) is 5.75 Å². The van der Waals surface area contributed by atoms with Crippen molar-refractivity contribution < 1.29 is 30.7 Å². The molecule has 1 aliphatic heterocycles. The number of alkyl halides is 3. The van der Waals surface area contributed by atoms with Crippen molar-refractivity contribution in [2.75, 3.05) is 18.8 Å². The van der Waals surface area contributed by atoms with Gasteiger partial charge in [0.2, 0.25) is 10.0 Å². The highest BCUT2D eigenvalue weighted by molar-refractivity contribution is 7.99. The van der Waals surface area contributed by atoms with Crippen LogP contribution in [0.15, 0.2) is 52.0 Å². The monoisotopic (exact) mass is 407 g/mol. The minimum atomic E-state index is -4.82. The van der Waals surface area contributed by atoms with E-state index in [2.05, 4.69) is 4.74 Å². The van der Waals surface area contributed by atoms with Gasteiger partial charge in [-0.25, -0.2) is 8.42 Å². The molecule has 3 rings (SSSR count). The third-order valence-electron chi connectivity index (χ3n) is 3.86. The third-order valence-corrected chi connectivity index (χ3v) is 7.06. The summed E-state index contributed by atoms with van der Waals surface area (Å²) >= 11 is 1.62. The second-order valence-corrected chi connectivity index (χ2v) is 8.84. The van der Waals surface area contributed by atoms with Crippen LogP contribution >= 0.6 is 11.8 Å². The zero-order valence-corrected chi connectivity index (χ0v) is 15.1. The molecule has 1 aromatic carbocycles. The van der Waals surface area contributed by atoms with Crippen LogP contribution in [0, 0.1) is 0 Å². The Bertz CT molecular complexity index is 820. The topological polar surface area (TPSA) is 59.8 Å². The van der Waals surface area contributed by atoms with Gasteiger partial charge in [-0.15, -0.1) is 24.9 Å². The van der Waals surface area contributed by atoms with Crippen LogP contribution in [-0.4, -0.2) is 37.9 Å². The molecule has 1 saturated heterocycles. The van der Waals surface area contributed by atoms with E-state index in [9.17, 15) is 21.6 Å². The molecule has 1 aliphatic rings. The van der Waals surface area contributed by atoms with Crippen LogP contribution in [0.2, 0.25) is 0 Å². The first-order chi connectivity index (χ1) is 12.3. The van der Waals surface area contributed by atoms with Crippen LogP contribution in [0.3, 0.4) is 0 Å². The summed E-state index contributed by atoms with van der Waals surface area (Å²) in [4.78, 5) is -0.0616. The van der Waals surface area contributed by atoms with Gasteiger partial charge in [-0.05, 0) is 42.8 Å². The summed E-state index contributed by atoms with van der Waals surface area (Å²) in [6.45, 7) is 0.631. The zero-order chi connectivity index (χ0) is 18.8. The van der Waals surface area contributed by atoms with Crippen molar-refractivity contribution in [2.45, 2.75) is 22.9 Å². The van der Waals surface area contributed by atoms with Gasteiger partial charge in [-0.1, -0.05) is 0 Å². The average Bonchev–Trinajstić information content (AvgIpc) is 2.98. The summed E-state index contributed by atoms with van der Waals surface area (Å²) < 4.78 is 72.6. The number of rotatable bonds is 4. The highest BCUT2D eigenvalue weighted by Crippen LogP contribution is 2.36. The van der Waals surface area contributed by atoms with Crippen LogP contribution < -0.4 is 4.74 Å². The fraction of sp³-hybridized carbons (Fsp3) is 0.375. The SMILES string of the molecule is O=S(=O)(c1ccc(OC(F)(F)F)cc1)N1CCS[C@H](c2ccco2)CC1. The van der Waals surface area contributed by atoms with Crippen molar-refractivity contribution in [1.82, 2.24) is 4.31 Å². The summed E-state index contributed by atoms with van der Waals surface area (Å²) in [5, 5.41) is 0.0766. The highest BCUT2D eigenvalue weighted by Gasteiger charge is 2.32. The Morgan fingerprint density at radius 1 is 1.15 bits per heavy atom. The van der Waals surface area contributed by atoms with E-state index in [1.165, 1.54) is 4.31 Å². The fourth-order valence-electron chi connectivity index (χ4n) is 2.65. The van der Waals surface area contributed by atoms with E-state index in [-0.39, 0.29) is 10.1 Å². The van der Waals surface area contributed by atoms with Gasteiger partial charge < -0.3 is 9.15 Å². The van der Waals surface area contributed by atoms with E-state index in [0.29, 0.717) is 25.3 Å². The van der Waals surface area contributed by atoms with E-state index in [1.54, 1.807) is 24.1 Å². The van der Waals surface area contributed by atoms with E-state index in [4.69, 9.17) is 4.42 Å². The molecule has 2 aromatic rings. The Kier molecular flexibility index (Phi) is 5.54. The molecule has 0 saturated carbocycles. The van der Waals surface area contributed by atoms with Gasteiger partial charge in [0.25, 0.3) is 0 Å². The molecular formula is C16H16F3NO4S2. The van der Waals surface area contributed by atoms with Crippen LogP contribution in [0.4, 0.5) is 13.2 Å². The van der Waals surface area contributed by atoms with Gasteiger partial charge in [-0.3, -0.25) is 0 Å². The predicted molar refractivity (Wildman–Crippen MR) is 90.4 cm³/mol. The van der Waals surface area contributed by atoms with Crippen molar-refractivity contribution in [2.24, 2.45) is 0 Å². The summed E-state index contributed by atoms with van der Waals surface area (Å²) in [5.74, 6) is 0.948. The number of nitrogens with zero attached hydrogens (tertiary/aromatic N) is 1. The Morgan fingerprint density at radius 3 is 2.50 bits per heavy atom. The number of halogens is 3. The maximum Gasteiger partial charge on any atom is 0.573 e. The van der Waals surface area contributed by atoms with Crippen LogP contribution in [0.25, 0.3) is 0 Å². The van der Waals surface area contributed by atoms with Gasteiger partial charge >= 0.3 is 6.36 Å². The number of thioether (sulfide) groups is 1. The van der Waals surface area contributed by atoms with Gasteiger partial charge in [0.1, 0.15) is 11.5 Å². The van der Waals surface area contributed by atoms with Crippen molar-refractivity contribution in [3.8, 4) is 5.75 Å². The maximum absolute atomic E-state index is 12.8. The zero-order valence-electron chi connectivity index (χ0n) is 13.5. The molecular weight excluding hydrogens is 391 g/mol. The Morgan fingerprint density at radius 2 is 1.88 bits per heavy atom. The number of furan rings is 1. The highest BCUT2D eigenvalue weighted by atomic mass is 32.2. The molecule has 0 radical (unpaired) electrons. The van der Waals surface area contributed by atoms with Crippen molar-refractivity contribution in [3.05, 3.63) is 48.4 Å². The maximum atomic E-state index is 12.8. The molecule has 0 unspecified atom stereocenters. The molecule has 10 heteroatoms. The first kappa shape index (κ1) is 19.1. The molecule has 26 heavy (non-hydrogen) atoms. The second-order valence-electron chi connectivity index (χ2n) is 5.59. The van der Waals surface area contributed by atoms with Gasteiger partial charge in [0.05, 0.1) is 16.4 Å². The minimum absolute atomic E-state index is 0.0616. The molecule has 0 aliphatic carbocycles. The number of ether oxygens (including phenoxy) is 1. The molecule has 0 bridgehead atoms. The van der Waals surface area contributed by atoms with Crippen molar-refractivity contribution >= 4 is 21.8 Å². The lowest BCUT2D eigenvalue weighted by molar-refractivity contribution is -0.274. The van der Waals surface area contributed by atoms with E-state index in [0.717, 1.165) is 30.0 Å². The minimum Gasteiger partial charge on any atom is -0.468 e. The van der Waals surface area contributed by atoms with Gasteiger partial charge in [-0.2, -0.15) is 4.31 Å². The average molecular weight is 407 g/mol. The molecule has 142 valence electrons. The lowest BCUT2D eigenvalue weighted by Gasteiger charge is -2.20. The van der Waals surface area contributed by atoms with Crippen molar-refractivity contribution in [3.63, 3.8) is 0 Å². The third kappa shape index (κ3) is 4.54. The summed E-state index contributed by atoms with van der Waals surface area (Å²) in [6.07, 6.45) is -2.64. The van der Waals surface area contributed by atoms with Gasteiger partial charge in [0.15, 0.2) is 0 Å².